The molecule has 6 heteroatoms. The standard InChI is InChI=1S/C16H16N2O4/c1-10-8-13(18(20)21)9-11(2)15(10)17-16(19)12-4-6-14(22-3)7-5-12/h4-9H,1-3H3,(H,17,19). The number of nitrogens with one attached hydrogen (secondary N) is 1. The minimum Gasteiger partial charge on any atom is -0.497 e. The number of nitro groups is 1. The van der Waals surface area contributed by atoms with Crippen LogP contribution in [0.25, 0.3) is 0 Å². The Labute approximate surface area is 127 Å². The van der Waals surface area contributed by atoms with E-state index in [2.05, 4.69) is 5.32 Å². The highest BCUT2D eigenvalue weighted by Gasteiger charge is 2.14. The van der Waals surface area contributed by atoms with Gasteiger partial charge in [0.2, 0.25) is 0 Å². The Bertz CT molecular complexity index is 700. The van der Waals surface area contributed by atoms with Gasteiger partial charge in [-0.15, -0.1) is 0 Å². The second-order valence-electron chi connectivity index (χ2n) is 4.89. The van der Waals surface area contributed by atoms with Gasteiger partial charge >= 0.3 is 0 Å². The van der Waals surface area contributed by atoms with Gasteiger partial charge in [-0.25, -0.2) is 0 Å². The molecule has 0 bridgehead atoms. The van der Waals surface area contributed by atoms with E-state index in [1.54, 1.807) is 45.2 Å². The van der Waals surface area contributed by atoms with E-state index in [1.165, 1.54) is 12.1 Å². The number of ether oxygens (including phenoxy) is 1. The molecule has 0 aliphatic rings. The zero-order valence-corrected chi connectivity index (χ0v) is 12.5. The average Bonchev–Trinajstić information content (AvgIpc) is 2.50. The normalized spacial score (nSPS) is 10.1. The maximum Gasteiger partial charge on any atom is 0.270 e. The monoisotopic (exact) mass is 300 g/mol. The lowest BCUT2D eigenvalue weighted by atomic mass is 10.1. The topological polar surface area (TPSA) is 81.5 Å². The van der Waals surface area contributed by atoms with Crippen LogP contribution < -0.4 is 10.1 Å². The molecular formula is C16H16N2O4. The van der Waals surface area contributed by atoms with E-state index >= 15 is 0 Å². The number of hydrogen-bond donors (Lipinski definition) is 1. The Hall–Kier alpha value is -2.89. The first-order valence-corrected chi connectivity index (χ1v) is 6.63. The van der Waals surface area contributed by atoms with Gasteiger partial charge < -0.3 is 10.1 Å². The third kappa shape index (κ3) is 3.22. The fraction of sp³-hybridized carbons (Fsp3) is 0.188. The molecule has 2 aromatic carbocycles. The fourth-order valence-electron chi connectivity index (χ4n) is 2.17. The number of benzene rings is 2. The molecule has 0 heterocycles. The fourth-order valence-corrected chi connectivity index (χ4v) is 2.17. The molecule has 0 radical (unpaired) electrons. The number of nitrogens with zero attached hydrogens (tertiary/aromatic N) is 1. The third-order valence-corrected chi connectivity index (χ3v) is 3.32. The number of rotatable bonds is 4. The average molecular weight is 300 g/mol. The van der Waals surface area contributed by atoms with Crippen molar-refractivity contribution < 1.29 is 14.5 Å². The van der Waals surface area contributed by atoms with Crippen LogP contribution in [-0.2, 0) is 0 Å². The van der Waals surface area contributed by atoms with Crippen molar-refractivity contribution in [3.05, 3.63) is 63.2 Å². The molecule has 0 aliphatic carbocycles. The van der Waals surface area contributed by atoms with Crippen LogP contribution in [0.5, 0.6) is 5.75 Å². The van der Waals surface area contributed by atoms with Crippen molar-refractivity contribution in [1.82, 2.24) is 0 Å². The number of methoxy groups -OCH3 is 1. The van der Waals surface area contributed by atoms with Gasteiger partial charge in [-0.05, 0) is 49.2 Å². The minimum atomic E-state index is -0.449. The molecule has 0 fully saturated rings. The Kier molecular flexibility index (Phi) is 4.41. The molecule has 1 N–H and O–H groups in total. The van der Waals surface area contributed by atoms with Gasteiger partial charge in [0.25, 0.3) is 11.6 Å². The van der Waals surface area contributed by atoms with Crippen LogP contribution in [-0.4, -0.2) is 17.9 Å². The quantitative estimate of drug-likeness (QED) is 0.692. The first-order chi connectivity index (χ1) is 10.4. The maximum absolute atomic E-state index is 12.3. The van der Waals surface area contributed by atoms with Crippen LogP contribution in [0.15, 0.2) is 36.4 Å². The number of anilines is 1. The van der Waals surface area contributed by atoms with Crippen molar-refractivity contribution in [1.29, 1.82) is 0 Å². The third-order valence-electron chi connectivity index (χ3n) is 3.32. The van der Waals surface area contributed by atoms with Crippen molar-refractivity contribution in [2.24, 2.45) is 0 Å². The summed E-state index contributed by atoms with van der Waals surface area (Å²) >= 11 is 0. The highest BCUT2D eigenvalue weighted by atomic mass is 16.6. The number of carbonyl (C=O) groups excluding carboxylic acids is 1. The number of carbonyl (C=O) groups is 1. The summed E-state index contributed by atoms with van der Waals surface area (Å²) in [7, 11) is 1.55. The molecule has 0 saturated heterocycles. The smallest absolute Gasteiger partial charge is 0.270 e. The predicted octanol–water partition coefficient (Wildman–Crippen LogP) is 3.47. The highest BCUT2D eigenvalue weighted by Crippen LogP contribution is 2.26. The van der Waals surface area contributed by atoms with E-state index in [9.17, 15) is 14.9 Å². The first kappa shape index (κ1) is 15.5. The SMILES string of the molecule is COc1ccc(C(=O)Nc2c(C)cc([N+](=O)[O-])cc2C)cc1. The van der Waals surface area contributed by atoms with Crippen LogP contribution in [0, 0.1) is 24.0 Å². The van der Waals surface area contributed by atoms with E-state index in [0.717, 1.165) is 0 Å². The zero-order valence-electron chi connectivity index (χ0n) is 12.5. The molecule has 22 heavy (non-hydrogen) atoms. The van der Waals surface area contributed by atoms with Crippen LogP contribution in [0.4, 0.5) is 11.4 Å². The maximum atomic E-state index is 12.3. The first-order valence-electron chi connectivity index (χ1n) is 6.63. The molecule has 0 spiro atoms. The summed E-state index contributed by atoms with van der Waals surface area (Å²) in [5.74, 6) is 0.391. The molecule has 2 aromatic rings. The van der Waals surface area contributed by atoms with E-state index in [4.69, 9.17) is 4.74 Å². The number of non-ortho nitro benzene ring substituents is 1. The van der Waals surface area contributed by atoms with Crippen LogP contribution in [0.2, 0.25) is 0 Å². The molecule has 2 rings (SSSR count). The van der Waals surface area contributed by atoms with Gasteiger partial charge in [0, 0.05) is 23.4 Å². The van der Waals surface area contributed by atoms with E-state index in [1.807, 2.05) is 0 Å². The highest BCUT2D eigenvalue weighted by molar-refractivity contribution is 6.05. The van der Waals surface area contributed by atoms with Gasteiger partial charge in [0.05, 0.1) is 12.0 Å². The Morgan fingerprint density at radius 3 is 2.14 bits per heavy atom. The van der Waals surface area contributed by atoms with Crippen molar-refractivity contribution in [2.45, 2.75) is 13.8 Å². The lowest BCUT2D eigenvalue weighted by Gasteiger charge is -2.12. The predicted molar refractivity (Wildman–Crippen MR) is 83.5 cm³/mol. The van der Waals surface area contributed by atoms with Crippen molar-refractivity contribution in [3.63, 3.8) is 0 Å². The lowest BCUT2D eigenvalue weighted by Crippen LogP contribution is -2.14. The second-order valence-corrected chi connectivity index (χ2v) is 4.89. The summed E-state index contributed by atoms with van der Waals surface area (Å²) in [5.41, 5.74) is 2.38. The number of amides is 1. The lowest BCUT2D eigenvalue weighted by molar-refractivity contribution is -0.384. The van der Waals surface area contributed by atoms with Crippen LogP contribution in [0.3, 0.4) is 0 Å². The van der Waals surface area contributed by atoms with Gasteiger partial charge in [0.1, 0.15) is 5.75 Å². The molecular weight excluding hydrogens is 284 g/mol. The van der Waals surface area contributed by atoms with Crippen molar-refractivity contribution >= 4 is 17.3 Å². The van der Waals surface area contributed by atoms with Gasteiger partial charge in [-0.2, -0.15) is 0 Å². The van der Waals surface area contributed by atoms with Crippen molar-refractivity contribution in [2.75, 3.05) is 12.4 Å². The molecule has 0 unspecified atom stereocenters. The Balaban J connectivity index is 2.26. The number of nitro benzene ring substituents is 1. The van der Waals surface area contributed by atoms with Gasteiger partial charge in [-0.1, -0.05) is 0 Å². The van der Waals surface area contributed by atoms with Crippen molar-refractivity contribution in [3.8, 4) is 5.75 Å². The zero-order chi connectivity index (χ0) is 16.3. The summed E-state index contributed by atoms with van der Waals surface area (Å²) in [6, 6.07) is 9.59. The summed E-state index contributed by atoms with van der Waals surface area (Å²) < 4.78 is 5.05. The van der Waals surface area contributed by atoms with E-state index in [-0.39, 0.29) is 11.6 Å². The molecule has 6 nitrogen and oxygen atoms in total. The summed E-state index contributed by atoms with van der Waals surface area (Å²) in [5, 5.41) is 13.6. The second kappa shape index (κ2) is 6.26. The van der Waals surface area contributed by atoms with Gasteiger partial charge in [0.15, 0.2) is 0 Å². The van der Waals surface area contributed by atoms with Crippen LogP contribution >= 0.6 is 0 Å². The molecule has 0 atom stereocenters. The molecule has 0 aliphatic heterocycles. The molecule has 1 amide bonds. The molecule has 114 valence electrons. The minimum absolute atomic E-state index is 0.0115. The number of hydrogen-bond acceptors (Lipinski definition) is 4. The summed E-state index contributed by atoms with van der Waals surface area (Å²) in [6.07, 6.45) is 0. The molecule has 0 saturated carbocycles. The van der Waals surface area contributed by atoms with Crippen LogP contribution in [0.1, 0.15) is 21.5 Å². The number of aryl methyl sites for hydroxylation is 2. The molecule has 0 aromatic heterocycles. The van der Waals surface area contributed by atoms with E-state index in [0.29, 0.717) is 28.1 Å². The van der Waals surface area contributed by atoms with E-state index < -0.39 is 4.92 Å². The summed E-state index contributed by atoms with van der Waals surface area (Å²) in [4.78, 5) is 22.6. The Morgan fingerprint density at radius 2 is 1.68 bits per heavy atom. The Morgan fingerprint density at radius 1 is 1.14 bits per heavy atom. The van der Waals surface area contributed by atoms with Gasteiger partial charge in [-0.3, -0.25) is 14.9 Å². The largest absolute Gasteiger partial charge is 0.497 e. The summed E-state index contributed by atoms with van der Waals surface area (Å²) in [6.45, 7) is 3.45.